The number of nitrogens with one attached hydrogen (secondary N) is 2. The number of rotatable bonds is 4. The molecule has 35 heavy (non-hydrogen) atoms. The maximum atomic E-state index is 13.2. The highest BCUT2D eigenvalue weighted by Gasteiger charge is 2.22. The van der Waals surface area contributed by atoms with Crippen LogP contribution in [0.25, 0.3) is 16.5 Å². The quantitative estimate of drug-likeness (QED) is 0.381. The van der Waals surface area contributed by atoms with Crippen molar-refractivity contribution in [3.05, 3.63) is 85.6 Å². The first-order valence-electron chi connectivity index (χ1n) is 10.4. The number of sulfonamides is 1. The fraction of sp³-hybridized carbons (Fsp3) is 0.130. The highest BCUT2D eigenvalue weighted by Crippen LogP contribution is 2.34. The topological polar surface area (TPSA) is 101 Å². The lowest BCUT2D eigenvalue weighted by Gasteiger charge is -2.11. The molecule has 0 spiro atoms. The number of benzene rings is 2. The number of fused-ring (bicyclic) bond motifs is 2. The minimum absolute atomic E-state index is 0.0914. The molecule has 180 valence electrons. The van der Waals surface area contributed by atoms with Crippen LogP contribution in [0.3, 0.4) is 0 Å². The van der Waals surface area contributed by atoms with Crippen LogP contribution in [-0.4, -0.2) is 31.0 Å². The van der Waals surface area contributed by atoms with E-state index in [4.69, 9.17) is 23.2 Å². The third kappa shape index (κ3) is 4.67. The second-order valence-electron chi connectivity index (χ2n) is 8.16. The Hall–Kier alpha value is -2.89. The lowest BCUT2D eigenvalue weighted by molar-refractivity contribution is 0.256. The van der Waals surface area contributed by atoms with E-state index in [1.807, 2.05) is 23.9 Å². The summed E-state index contributed by atoms with van der Waals surface area (Å²) >= 11 is 12.4. The van der Waals surface area contributed by atoms with Gasteiger partial charge in [0.25, 0.3) is 15.6 Å². The lowest BCUT2D eigenvalue weighted by atomic mass is 10.0. The van der Waals surface area contributed by atoms with Gasteiger partial charge in [-0.15, -0.1) is 11.3 Å². The lowest BCUT2D eigenvalue weighted by Crippen LogP contribution is -2.33. The number of anilines is 1. The maximum Gasteiger partial charge on any atom is 0.333 e. The molecule has 4 aromatic rings. The van der Waals surface area contributed by atoms with Crippen LogP contribution in [0.2, 0.25) is 9.36 Å². The Balaban J connectivity index is 1.34. The second-order valence-corrected chi connectivity index (χ2v) is 12.1. The number of urea groups is 1. The summed E-state index contributed by atoms with van der Waals surface area (Å²) in [5.74, 6) is 0. The average Bonchev–Trinajstić information content (AvgIpc) is 3.34. The zero-order valence-corrected chi connectivity index (χ0v) is 21.4. The van der Waals surface area contributed by atoms with E-state index in [0.717, 1.165) is 35.4 Å². The molecule has 0 aliphatic carbocycles. The zero-order valence-electron chi connectivity index (χ0n) is 18.2. The molecular formula is C23H18Cl2N4O4S2. The van der Waals surface area contributed by atoms with Gasteiger partial charge in [-0.3, -0.25) is 14.3 Å². The third-order valence-corrected chi connectivity index (χ3v) is 9.29. The summed E-state index contributed by atoms with van der Waals surface area (Å²) < 4.78 is 28.1. The fourth-order valence-corrected chi connectivity index (χ4v) is 6.80. The number of pyridine rings is 1. The molecule has 3 heterocycles. The summed E-state index contributed by atoms with van der Waals surface area (Å²) in [4.78, 5) is 27.6. The van der Waals surface area contributed by atoms with E-state index in [1.54, 1.807) is 30.5 Å². The number of carbonyl (C=O) groups is 1. The van der Waals surface area contributed by atoms with Crippen molar-refractivity contribution in [3.8, 4) is 5.69 Å². The molecule has 0 fully saturated rings. The van der Waals surface area contributed by atoms with Gasteiger partial charge in [0.15, 0.2) is 0 Å². The van der Waals surface area contributed by atoms with Crippen LogP contribution < -0.4 is 15.6 Å². The number of halogens is 2. The largest absolute Gasteiger partial charge is 0.333 e. The first-order chi connectivity index (χ1) is 16.6. The van der Waals surface area contributed by atoms with Gasteiger partial charge in [-0.1, -0.05) is 23.2 Å². The molecule has 2 N–H and O–H groups in total. The summed E-state index contributed by atoms with van der Waals surface area (Å²) in [5.41, 5.74) is 3.20. The molecule has 0 saturated heterocycles. The first-order valence-corrected chi connectivity index (χ1v) is 13.4. The van der Waals surface area contributed by atoms with Crippen molar-refractivity contribution in [1.82, 2.24) is 14.2 Å². The summed E-state index contributed by atoms with van der Waals surface area (Å²) in [7, 11) is -2.08. The van der Waals surface area contributed by atoms with Crippen LogP contribution in [0.4, 0.5) is 10.5 Å². The van der Waals surface area contributed by atoms with E-state index < -0.39 is 16.1 Å². The van der Waals surface area contributed by atoms with Crippen LogP contribution in [0.1, 0.15) is 11.1 Å². The van der Waals surface area contributed by atoms with Crippen molar-refractivity contribution in [3.63, 3.8) is 0 Å². The number of thiophene rings is 1. The highest BCUT2D eigenvalue weighted by atomic mass is 35.5. The molecule has 2 aromatic heterocycles. The van der Waals surface area contributed by atoms with Crippen molar-refractivity contribution >= 4 is 67.1 Å². The Kier molecular flexibility index (Phi) is 6.10. The molecule has 2 amide bonds. The fourth-order valence-electron chi connectivity index (χ4n) is 4.01. The molecule has 5 rings (SSSR count). The van der Waals surface area contributed by atoms with E-state index in [2.05, 4.69) is 16.3 Å². The van der Waals surface area contributed by atoms with Crippen molar-refractivity contribution in [2.24, 2.45) is 0 Å². The van der Waals surface area contributed by atoms with Gasteiger partial charge >= 0.3 is 6.03 Å². The molecule has 0 atom stereocenters. The van der Waals surface area contributed by atoms with E-state index in [1.165, 1.54) is 16.2 Å². The van der Waals surface area contributed by atoms with Crippen LogP contribution >= 0.6 is 34.5 Å². The minimum Gasteiger partial charge on any atom is -0.307 e. The van der Waals surface area contributed by atoms with Crippen molar-refractivity contribution in [1.29, 1.82) is 0 Å². The Morgan fingerprint density at radius 2 is 1.71 bits per heavy atom. The van der Waals surface area contributed by atoms with Crippen LogP contribution in [0.15, 0.2) is 63.7 Å². The Morgan fingerprint density at radius 3 is 2.37 bits per heavy atom. The Bertz CT molecular complexity index is 1630. The Morgan fingerprint density at radius 1 is 1.03 bits per heavy atom. The second kappa shape index (κ2) is 8.96. The Labute approximate surface area is 214 Å². The van der Waals surface area contributed by atoms with E-state index >= 15 is 0 Å². The number of carbonyl (C=O) groups excluding carboxylic acids is 1. The minimum atomic E-state index is -4.13. The van der Waals surface area contributed by atoms with Crippen molar-refractivity contribution in [2.45, 2.75) is 17.3 Å². The molecule has 0 saturated carbocycles. The molecule has 0 radical (unpaired) electrons. The van der Waals surface area contributed by atoms with Gasteiger partial charge < -0.3 is 5.32 Å². The number of hydrogen-bond donors (Lipinski definition) is 2. The van der Waals surface area contributed by atoms with E-state index in [-0.39, 0.29) is 19.1 Å². The molecule has 8 nitrogen and oxygen atoms in total. The van der Waals surface area contributed by atoms with E-state index in [9.17, 15) is 18.0 Å². The van der Waals surface area contributed by atoms with Crippen molar-refractivity contribution in [2.75, 3.05) is 12.4 Å². The van der Waals surface area contributed by atoms with Gasteiger partial charge in [-0.2, -0.15) is 0 Å². The number of aromatic nitrogens is 1. The predicted octanol–water partition coefficient (Wildman–Crippen LogP) is 4.81. The van der Waals surface area contributed by atoms with Crippen LogP contribution in [0, 0.1) is 0 Å². The molecule has 0 unspecified atom stereocenters. The standard InChI is InChI=1S/C23H18Cl2N4O4S2/c1-28-11-14-8-13-6-7-29(22(30)18(13)9-15(14)12-28)17-4-2-16(3-5-17)26-23(31)27-35(32,33)20-10-19(24)21(25)34-20/h2-10H,11-12H2,1H3,(H2,26,27,31). The molecule has 0 bridgehead atoms. The van der Waals surface area contributed by atoms with Crippen LogP contribution in [0.5, 0.6) is 0 Å². The molecule has 2 aromatic carbocycles. The monoisotopic (exact) mass is 548 g/mol. The normalized spacial score (nSPS) is 13.7. The molecule has 1 aliphatic heterocycles. The van der Waals surface area contributed by atoms with Gasteiger partial charge in [-0.25, -0.2) is 17.9 Å². The number of nitrogens with zero attached hydrogens (tertiary/aromatic N) is 2. The highest BCUT2D eigenvalue weighted by molar-refractivity contribution is 7.92. The summed E-state index contributed by atoms with van der Waals surface area (Å²) in [6.07, 6.45) is 1.72. The van der Waals surface area contributed by atoms with Gasteiger partial charge in [0, 0.05) is 36.0 Å². The van der Waals surface area contributed by atoms with Crippen molar-refractivity contribution < 1.29 is 13.2 Å². The van der Waals surface area contributed by atoms with Gasteiger partial charge in [0.1, 0.15) is 8.55 Å². The van der Waals surface area contributed by atoms with Crippen LogP contribution in [-0.2, 0) is 23.1 Å². The number of hydrogen-bond acceptors (Lipinski definition) is 6. The van der Waals surface area contributed by atoms with Gasteiger partial charge in [0.2, 0.25) is 0 Å². The summed E-state index contributed by atoms with van der Waals surface area (Å²) in [5, 5.41) is 4.09. The number of amides is 2. The van der Waals surface area contributed by atoms with Gasteiger partial charge in [0.05, 0.1) is 5.02 Å². The SMILES string of the molecule is CN1Cc2cc3ccn(-c4ccc(NC(=O)NS(=O)(=O)c5cc(Cl)c(Cl)s5)cc4)c(=O)c3cc2C1. The predicted molar refractivity (Wildman–Crippen MR) is 138 cm³/mol. The maximum absolute atomic E-state index is 13.2. The summed E-state index contributed by atoms with van der Waals surface area (Å²) in [6, 6.07) is 12.6. The zero-order chi connectivity index (χ0) is 24.9. The molecular weight excluding hydrogens is 531 g/mol. The smallest absolute Gasteiger partial charge is 0.307 e. The van der Waals surface area contributed by atoms with E-state index in [0.29, 0.717) is 16.8 Å². The average molecular weight is 549 g/mol. The van der Waals surface area contributed by atoms with Gasteiger partial charge in [-0.05, 0) is 72.1 Å². The summed E-state index contributed by atoms with van der Waals surface area (Å²) in [6.45, 7) is 1.68. The molecule has 12 heteroatoms. The third-order valence-electron chi connectivity index (χ3n) is 5.62. The molecule has 1 aliphatic rings. The first kappa shape index (κ1) is 23.8.